The number of nitrogens with one attached hydrogen (secondary N) is 1. The predicted octanol–water partition coefficient (Wildman–Crippen LogP) is 4.50. The van der Waals surface area contributed by atoms with Crippen molar-refractivity contribution in [3.8, 4) is 0 Å². The lowest BCUT2D eigenvalue weighted by atomic mass is 9.97. The fraction of sp³-hybridized carbons (Fsp3) is 0.556. The van der Waals surface area contributed by atoms with Gasteiger partial charge in [0.25, 0.3) is 0 Å². The molecule has 3 nitrogen and oxygen atoms in total. The van der Waals surface area contributed by atoms with Gasteiger partial charge in [-0.3, -0.25) is 9.59 Å². The molecule has 0 spiro atoms. The Morgan fingerprint density at radius 2 is 1.86 bits per heavy atom. The lowest BCUT2D eigenvalue weighted by Gasteiger charge is -2.17. The molecule has 114 valence electrons. The molecule has 1 N–H and O–H groups in total. The summed E-state index contributed by atoms with van der Waals surface area (Å²) in [5.74, 6) is 0.291. The van der Waals surface area contributed by atoms with Crippen molar-refractivity contribution in [3.05, 3.63) is 29.3 Å². The summed E-state index contributed by atoms with van der Waals surface area (Å²) in [5.41, 5.74) is 2.74. The smallest absolute Gasteiger partial charge is 0.224 e. The fourth-order valence-corrected chi connectivity index (χ4v) is 2.77. The van der Waals surface area contributed by atoms with Crippen LogP contribution in [0.1, 0.15) is 74.2 Å². The van der Waals surface area contributed by atoms with E-state index in [4.69, 9.17) is 0 Å². The molecule has 1 aliphatic heterocycles. The third-order valence-electron chi connectivity index (χ3n) is 4.08. The first-order valence-corrected chi connectivity index (χ1v) is 8.16. The van der Waals surface area contributed by atoms with E-state index in [0.29, 0.717) is 12.8 Å². The summed E-state index contributed by atoms with van der Waals surface area (Å²) in [5, 5.41) is 2.85. The second-order valence-corrected chi connectivity index (χ2v) is 5.86. The van der Waals surface area contributed by atoms with Gasteiger partial charge in [0.2, 0.25) is 5.91 Å². The summed E-state index contributed by atoms with van der Waals surface area (Å²) in [7, 11) is 0. The van der Waals surface area contributed by atoms with Crippen molar-refractivity contribution in [3.63, 3.8) is 0 Å². The summed E-state index contributed by atoms with van der Waals surface area (Å²) in [4.78, 5) is 23.5. The normalized spacial score (nSPS) is 13.7. The zero-order valence-electron chi connectivity index (χ0n) is 12.9. The van der Waals surface area contributed by atoms with Crippen molar-refractivity contribution in [2.75, 3.05) is 5.32 Å². The molecule has 0 saturated carbocycles. The third kappa shape index (κ3) is 4.69. The molecule has 1 aliphatic rings. The Kier molecular flexibility index (Phi) is 5.97. The molecule has 0 fully saturated rings. The SMILES string of the molecule is CCCCCCCCC(=O)c1ccc2c(c1)CCC(=O)N2. The summed E-state index contributed by atoms with van der Waals surface area (Å²) in [6, 6.07) is 5.65. The van der Waals surface area contributed by atoms with Crippen LogP contribution in [0.3, 0.4) is 0 Å². The minimum absolute atomic E-state index is 0.0636. The van der Waals surface area contributed by atoms with Crippen LogP contribution in [0.2, 0.25) is 0 Å². The number of rotatable bonds is 8. The summed E-state index contributed by atoms with van der Waals surface area (Å²) in [6.07, 6.45) is 9.08. The van der Waals surface area contributed by atoms with Crippen LogP contribution < -0.4 is 5.32 Å². The van der Waals surface area contributed by atoms with Crippen molar-refractivity contribution >= 4 is 17.4 Å². The number of Topliss-reactive ketones (excluding diaryl/α,β-unsaturated/α-hetero) is 1. The number of fused-ring (bicyclic) bond motifs is 1. The average molecular weight is 287 g/mol. The zero-order valence-corrected chi connectivity index (χ0v) is 12.9. The number of benzene rings is 1. The van der Waals surface area contributed by atoms with Crippen LogP contribution in [-0.2, 0) is 11.2 Å². The number of aryl methyl sites for hydroxylation is 1. The Morgan fingerprint density at radius 3 is 2.67 bits per heavy atom. The molecule has 1 amide bonds. The molecule has 1 aromatic rings. The number of anilines is 1. The molecular weight excluding hydrogens is 262 g/mol. The van der Waals surface area contributed by atoms with Gasteiger partial charge in [-0.05, 0) is 36.6 Å². The van der Waals surface area contributed by atoms with Gasteiger partial charge in [-0.15, -0.1) is 0 Å². The highest BCUT2D eigenvalue weighted by Gasteiger charge is 2.16. The topological polar surface area (TPSA) is 46.2 Å². The second-order valence-electron chi connectivity index (χ2n) is 5.86. The van der Waals surface area contributed by atoms with E-state index >= 15 is 0 Å². The lowest BCUT2D eigenvalue weighted by molar-refractivity contribution is -0.116. The number of ketones is 1. The fourth-order valence-electron chi connectivity index (χ4n) is 2.77. The van der Waals surface area contributed by atoms with Crippen LogP contribution in [0.15, 0.2) is 18.2 Å². The van der Waals surface area contributed by atoms with Gasteiger partial charge in [-0.25, -0.2) is 0 Å². The van der Waals surface area contributed by atoms with E-state index in [0.717, 1.165) is 36.1 Å². The molecule has 1 heterocycles. The second kappa shape index (κ2) is 7.96. The lowest BCUT2D eigenvalue weighted by Crippen LogP contribution is -2.19. The number of hydrogen-bond donors (Lipinski definition) is 1. The molecule has 0 radical (unpaired) electrons. The number of carbonyl (C=O) groups is 2. The Bertz CT molecular complexity index is 508. The van der Waals surface area contributed by atoms with Gasteiger partial charge in [0.1, 0.15) is 0 Å². The highest BCUT2D eigenvalue weighted by molar-refractivity contribution is 5.98. The summed E-state index contributed by atoms with van der Waals surface area (Å²) < 4.78 is 0. The van der Waals surface area contributed by atoms with Crippen molar-refractivity contribution in [1.82, 2.24) is 0 Å². The van der Waals surface area contributed by atoms with Crippen molar-refractivity contribution < 1.29 is 9.59 Å². The monoisotopic (exact) mass is 287 g/mol. The van der Waals surface area contributed by atoms with Crippen LogP contribution >= 0.6 is 0 Å². The van der Waals surface area contributed by atoms with E-state index in [1.807, 2.05) is 18.2 Å². The molecule has 0 aliphatic carbocycles. The van der Waals surface area contributed by atoms with Gasteiger partial charge < -0.3 is 5.32 Å². The number of carbonyl (C=O) groups excluding carboxylic acids is 2. The van der Waals surface area contributed by atoms with E-state index in [1.54, 1.807) is 0 Å². The van der Waals surface area contributed by atoms with E-state index in [-0.39, 0.29) is 11.7 Å². The molecule has 0 aromatic heterocycles. The molecule has 0 bridgehead atoms. The largest absolute Gasteiger partial charge is 0.326 e. The van der Waals surface area contributed by atoms with Gasteiger partial charge in [0.15, 0.2) is 5.78 Å². The molecule has 0 atom stereocenters. The maximum absolute atomic E-state index is 12.2. The highest BCUT2D eigenvalue weighted by Crippen LogP contribution is 2.24. The maximum atomic E-state index is 12.2. The van der Waals surface area contributed by atoms with Crippen LogP contribution in [0, 0.1) is 0 Å². The van der Waals surface area contributed by atoms with E-state index in [9.17, 15) is 9.59 Å². The van der Waals surface area contributed by atoms with Crippen molar-refractivity contribution in [2.24, 2.45) is 0 Å². The molecular formula is C18H25NO2. The van der Waals surface area contributed by atoms with Crippen molar-refractivity contribution in [1.29, 1.82) is 0 Å². The molecule has 3 heteroatoms. The minimum Gasteiger partial charge on any atom is -0.326 e. The van der Waals surface area contributed by atoms with Gasteiger partial charge in [0.05, 0.1) is 0 Å². The van der Waals surface area contributed by atoms with Gasteiger partial charge in [0, 0.05) is 24.1 Å². The van der Waals surface area contributed by atoms with Gasteiger partial charge in [-0.2, -0.15) is 0 Å². The first-order valence-electron chi connectivity index (χ1n) is 8.16. The third-order valence-corrected chi connectivity index (χ3v) is 4.08. The van der Waals surface area contributed by atoms with E-state index < -0.39 is 0 Å². The van der Waals surface area contributed by atoms with Crippen LogP contribution in [0.25, 0.3) is 0 Å². The molecule has 0 unspecified atom stereocenters. The van der Waals surface area contributed by atoms with Crippen LogP contribution in [0.4, 0.5) is 5.69 Å². The Morgan fingerprint density at radius 1 is 1.10 bits per heavy atom. The zero-order chi connectivity index (χ0) is 15.1. The number of amides is 1. The highest BCUT2D eigenvalue weighted by atomic mass is 16.1. The Balaban J connectivity index is 1.81. The first kappa shape index (κ1) is 15.7. The quantitative estimate of drug-likeness (QED) is 0.565. The molecule has 2 rings (SSSR count). The van der Waals surface area contributed by atoms with Gasteiger partial charge in [-0.1, -0.05) is 39.0 Å². The maximum Gasteiger partial charge on any atom is 0.224 e. The number of unbranched alkanes of at least 4 members (excludes halogenated alkanes) is 5. The molecule has 1 aromatic carbocycles. The first-order chi connectivity index (χ1) is 10.2. The minimum atomic E-state index is 0.0636. The van der Waals surface area contributed by atoms with Crippen LogP contribution in [0.5, 0.6) is 0 Å². The molecule has 0 saturated heterocycles. The predicted molar refractivity (Wildman–Crippen MR) is 85.7 cm³/mol. The van der Waals surface area contributed by atoms with Crippen LogP contribution in [-0.4, -0.2) is 11.7 Å². The average Bonchev–Trinajstić information content (AvgIpc) is 2.50. The van der Waals surface area contributed by atoms with E-state index in [2.05, 4.69) is 12.2 Å². The van der Waals surface area contributed by atoms with E-state index in [1.165, 1.54) is 25.7 Å². The standard InChI is InChI=1S/C18H25NO2/c1-2-3-4-5-6-7-8-17(20)15-9-11-16-14(13-15)10-12-18(21)19-16/h9,11,13H,2-8,10,12H2,1H3,(H,19,21). The van der Waals surface area contributed by atoms with Crippen molar-refractivity contribution in [2.45, 2.75) is 64.7 Å². The Labute approximate surface area is 127 Å². The Hall–Kier alpha value is -1.64. The molecule has 21 heavy (non-hydrogen) atoms. The summed E-state index contributed by atoms with van der Waals surface area (Å²) in [6.45, 7) is 2.21. The van der Waals surface area contributed by atoms with Gasteiger partial charge >= 0.3 is 0 Å². The summed E-state index contributed by atoms with van der Waals surface area (Å²) >= 11 is 0. The number of hydrogen-bond acceptors (Lipinski definition) is 2.